The average Bonchev–Trinajstić information content (AvgIpc) is 3.32. The predicted octanol–water partition coefficient (Wildman–Crippen LogP) is 8.06. The summed E-state index contributed by atoms with van der Waals surface area (Å²) in [7, 11) is 0. The number of imide groups is 1. The van der Waals surface area contributed by atoms with Gasteiger partial charge in [0.15, 0.2) is 5.54 Å². The van der Waals surface area contributed by atoms with Crippen molar-refractivity contribution in [1.82, 2.24) is 0 Å². The van der Waals surface area contributed by atoms with Crippen molar-refractivity contribution in [2.24, 2.45) is 16.4 Å². The van der Waals surface area contributed by atoms with Crippen LogP contribution in [0.5, 0.6) is 0 Å². The van der Waals surface area contributed by atoms with E-state index in [1.807, 2.05) is 48.5 Å². The minimum Gasteiger partial charge on any atom is -0.443 e. The van der Waals surface area contributed by atoms with Crippen LogP contribution in [-0.2, 0) is 15.1 Å². The Morgan fingerprint density at radius 3 is 2.05 bits per heavy atom. The summed E-state index contributed by atoms with van der Waals surface area (Å²) >= 11 is 13.5. The molecule has 0 N–H and O–H groups in total. The van der Waals surface area contributed by atoms with Crippen molar-refractivity contribution in [1.29, 1.82) is 0 Å². The van der Waals surface area contributed by atoms with Gasteiger partial charge in [-0.3, -0.25) is 4.79 Å². The van der Waals surface area contributed by atoms with Crippen LogP contribution in [-0.4, -0.2) is 23.3 Å². The van der Waals surface area contributed by atoms with Crippen molar-refractivity contribution in [3.63, 3.8) is 0 Å². The van der Waals surface area contributed by atoms with Gasteiger partial charge < -0.3 is 4.74 Å². The second kappa shape index (κ2) is 9.39. The summed E-state index contributed by atoms with van der Waals surface area (Å²) in [5.74, 6) is -0.993. The number of fused-ring (bicyclic) bond motifs is 2. The lowest BCUT2D eigenvalue weighted by atomic mass is 9.63. The molecule has 0 saturated carbocycles. The first-order chi connectivity index (χ1) is 18.3. The van der Waals surface area contributed by atoms with E-state index >= 15 is 0 Å². The minimum atomic E-state index is -1.41. The molecule has 8 heteroatoms. The maximum absolute atomic E-state index is 14.9. The maximum atomic E-state index is 14.9. The van der Waals surface area contributed by atoms with E-state index in [4.69, 9.17) is 33.0 Å². The molecule has 39 heavy (non-hydrogen) atoms. The van der Waals surface area contributed by atoms with Crippen LogP contribution < -0.4 is 9.91 Å². The molecule has 3 aromatic carbocycles. The highest BCUT2D eigenvalue weighted by molar-refractivity contribution is 6.41. The molecule has 5 rings (SSSR count). The van der Waals surface area contributed by atoms with Crippen molar-refractivity contribution in [3.8, 4) is 0 Å². The van der Waals surface area contributed by atoms with E-state index in [0.29, 0.717) is 38.3 Å². The van der Waals surface area contributed by atoms with Gasteiger partial charge in [0.2, 0.25) is 0 Å². The molecule has 0 aromatic heterocycles. The molecule has 2 heterocycles. The molecule has 0 unspecified atom stereocenters. The third kappa shape index (κ3) is 4.30. The molecule has 2 atom stereocenters. The highest BCUT2D eigenvalue weighted by Crippen LogP contribution is 2.59. The third-order valence-corrected chi connectivity index (χ3v) is 7.61. The Morgan fingerprint density at radius 2 is 1.46 bits per heavy atom. The Bertz CT molecular complexity index is 1470. The smallest absolute Gasteiger partial charge is 0.421 e. The molecule has 0 fully saturated rings. The van der Waals surface area contributed by atoms with Gasteiger partial charge in [0.25, 0.3) is 5.91 Å². The summed E-state index contributed by atoms with van der Waals surface area (Å²) in [6, 6.07) is 22.1. The number of para-hydroxylation sites is 2. The average molecular weight is 565 g/mol. The van der Waals surface area contributed by atoms with Gasteiger partial charge >= 0.3 is 6.09 Å². The maximum Gasteiger partial charge on any atom is 0.421 e. The molecule has 0 radical (unpaired) electrons. The third-order valence-electron chi connectivity index (χ3n) is 6.98. The number of hydrogen-bond donors (Lipinski definition) is 0. The van der Waals surface area contributed by atoms with E-state index in [2.05, 4.69) is 20.8 Å². The van der Waals surface area contributed by atoms with E-state index in [1.165, 1.54) is 0 Å². The first kappa shape index (κ1) is 27.2. The SMILES string of the molecule is CC(C)(C)OC(=O)N1C(=O)[C@@]2(c3ccccc31)[C@H](C(C)(C)C)C(c1c(Cl)cccc1Cl)=NN2c1ccccc1. The van der Waals surface area contributed by atoms with Crippen molar-refractivity contribution in [2.75, 3.05) is 9.91 Å². The number of hydrazone groups is 1. The number of benzene rings is 3. The molecule has 2 amide bonds. The summed E-state index contributed by atoms with van der Waals surface area (Å²) < 4.78 is 5.73. The van der Waals surface area contributed by atoms with Crippen LogP contribution in [0, 0.1) is 11.3 Å². The molecule has 2 aliphatic heterocycles. The monoisotopic (exact) mass is 563 g/mol. The van der Waals surface area contributed by atoms with E-state index in [1.54, 1.807) is 50.0 Å². The largest absolute Gasteiger partial charge is 0.443 e. The Kier molecular flexibility index (Phi) is 6.55. The summed E-state index contributed by atoms with van der Waals surface area (Å²) in [5, 5.41) is 7.74. The summed E-state index contributed by atoms with van der Waals surface area (Å²) in [4.78, 5) is 29.7. The predicted molar refractivity (Wildman–Crippen MR) is 157 cm³/mol. The molecule has 0 bridgehead atoms. The molecule has 1 spiro atoms. The van der Waals surface area contributed by atoms with Gasteiger partial charge in [-0.2, -0.15) is 5.10 Å². The number of nitrogens with zero attached hydrogens (tertiary/aromatic N) is 3. The zero-order chi connectivity index (χ0) is 28.3. The molecular formula is C31H31Cl2N3O3. The van der Waals surface area contributed by atoms with Gasteiger partial charge in [-0.1, -0.05) is 86.4 Å². The molecule has 0 aliphatic carbocycles. The van der Waals surface area contributed by atoms with Crippen molar-refractivity contribution in [2.45, 2.75) is 52.7 Å². The fourth-order valence-corrected chi connectivity index (χ4v) is 6.32. The van der Waals surface area contributed by atoms with Crippen molar-refractivity contribution in [3.05, 3.63) is 94.0 Å². The van der Waals surface area contributed by atoms with Crippen LogP contribution in [0.4, 0.5) is 16.2 Å². The standard InChI is InChI=1S/C31H31Cl2N3O3/c1-29(2,3)26-25(24-21(32)16-12-17-22(24)33)34-36(19-13-8-7-9-14-19)31(26)20-15-10-11-18-23(20)35(27(31)37)28(38)39-30(4,5)6/h7-18,26H,1-6H3/t26-,31+/m0/s1. The Morgan fingerprint density at radius 1 is 0.872 bits per heavy atom. The second-order valence-electron chi connectivity index (χ2n) is 11.9. The van der Waals surface area contributed by atoms with Crippen LogP contribution in [0.2, 0.25) is 10.0 Å². The van der Waals surface area contributed by atoms with Gasteiger partial charge in [-0.25, -0.2) is 14.7 Å². The highest BCUT2D eigenvalue weighted by atomic mass is 35.5. The van der Waals surface area contributed by atoms with E-state index < -0.39 is 34.5 Å². The number of anilines is 2. The lowest BCUT2D eigenvalue weighted by Crippen LogP contribution is -2.58. The van der Waals surface area contributed by atoms with Crippen LogP contribution in [0.1, 0.15) is 52.7 Å². The van der Waals surface area contributed by atoms with Crippen molar-refractivity contribution < 1.29 is 14.3 Å². The van der Waals surface area contributed by atoms with Crippen LogP contribution in [0.25, 0.3) is 0 Å². The molecule has 3 aromatic rings. The van der Waals surface area contributed by atoms with E-state index in [0.717, 1.165) is 4.90 Å². The normalized spacial score (nSPS) is 20.9. The highest BCUT2D eigenvalue weighted by Gasteiger charge is 2.68. The number of halogens is 2. The number of ether oxygens (including phenoxy) is 1. The second-order valence-corrected chi connectivity index (χ2v) is 12.7. The minimum absolute atomic E-state index is 0.434. The van der Waals surface area contributed by atoms with Crippen molar-refractivity contribution >= 4 is 52.3 Å². The van der Waals surface area contributed by atoms with Crippen LogP contribution >= 0.6 is 23.2 Å². The topological polar surface area (TPSA) is 62.2 Å². The van der Waals surface area contributed by atoms with Gasteiger partial charge in [-0.05, 0) is 56.5 Å². The fraction of sp³-hybridized carbons (Fsp3) is 0.323. The molecular weight excluding hydrogens is 533 g/mol. The number of rotatable bonds is 2. The van der Waals surface area contributed by atoms with Crippen LogP contribution in [0.3, 0.4) is 0 Å². The zero-order valence-electron chi connectivity index (χ0n) is 22.8. The van der Waals surface area contributed by atoms with E-state index in [9.17, 15) is 9.59 Å². The summed E-state index contributed by atoms with van der Waals surface area (Å²) in [6.07, 6.45) is -0.735. The lowest BCUT2D eigenvalue weighted by molar-refractivity contribution is -0.125. The first-order valence-corrected chi connectivity index (χ1v) is 13.6. The first-order valence-electron chi connectivity index (χ1n) is 12.8. The Hall–Kier alpha value is -3.35. The number of amides is 2. The molecule has 2 aliphatic rings. The Labute approximate surface area is 239 Å². The van der Waals surface area contributed by atoms with Crippen LogP contribution in [0.15, 0.2) is 77.9 Å². The van der Waals surface area contributed by atoms with Gasteiger partial charge in [0.1, 0.15) is 5.60 Å². The number of carbonyl (C=O) groups excluding carboxylic acids is 2. The lowest BCUT2D eigenvalue weighted by Gasteiger charge is -2.43. The quantitative estimate of drug-likeness (QED) is 0.316. The summed E-state index contributed by atoms with van der Waals surface area (Å²) in [6.45, 7) is 11.5. The zero-order valence-corrected chi connectivity index (χ0v) is 24.3. The fourth-order valence-electron chi connectivity index (χ4n) is 5.73. The van der Waals surface area contributed by atoms with E-state index in [-0.39, 0.29) is 0 Å². The number of hydrogen-bond acceptors (Lipinski definition) is 5. The number of carbonyl (C=O) groups is 2. The van der Waals surface area contributed by atoms with Gasteiger partial charge in [0.05, 0.1) is 27.1 Å². The summed E-state index contributed by atoms with van der Waals surface area (Å²) in [5.41, 5.74) is 0.227. The van der Waals surface area contributed by atoms with Gasteiger partial charge in [-0.15, -0.1) is 0 Å². The molecule has 202 valence electrons. The molecule has 0 saturated heterocycles. The Balaban J connectivity index is 1.85. The molecule has 6 nitrogen and oxygen atoms in total. The van der Waals surface area contributed by atoms with Gasteiger partial charge in [0, 0.05) is 17.0 Å².